The molecule has 0 heterocycles. The predicted octanol–water partition coefficient (Wildman–Crippen LogP) is 1.13. The second-order valence-electron chi connectivity index (χ2n) is 3.95. The van der Waals surface area contributed by atoms with E-state index in [4.69, 9.17) is 5.73 Å². The third kappa shape index (κ3) is 8.01. The number of hydrogen-bond acceptors (Lipinski definition) is 2. The number of nitrogens with two attached hydrogens (primary N) is 1. The Bertz CT molecular complexity index is 129. The molecule has 0 aromatic rings. The van der Waals surface area contributed by atoms with Crippen LogP contribution in [0.5, 0.6) is 0 Å². The molecule has 0 radical (unpaired) electrons. The van der Waals surface area contributed by atoms with Crippen LogP contribution in [0.2, 0.25) is 0 Å². The lowest BCUT2D eigenvalue weighted by molar-refractivity contribution is 0.400. The van der Waals surface area contributed by atoms with E-state index in [9.17, 15) is 4.21 Å². The highest BCUT2D eigenvalue weighted by molar-refractivity contribution is 7.84. The van der Waals surface area contributed by atoms with Crippen molar-refractivity contribution in [2.24, 2.45) is 11.1 Å². The Kier molecular flexibility index (Phi) is 4.93. The first kappa shape index (κ1) is 11.1. The van der Waals surface area contributed by atoms with Crippen molar-refractivity contribution in [3.63, 3.8) is 0 Å². The van der Waals surface area contributed by atoms with Gasteiger partial charge in [-0.15, -0.1) is 0 Å². The van der Waals surface area contributed by atoms with E-state index in [1.165, 1.54) is 0 Å². The summed E-state index contributed by atoms with van der Waals surface area (Å²) in [6.07, 6.45) is 1.01. The first-order valence-electron chi connectivity index (χ1n) is 4.01. The zero-order chi connectivity index (χ0) is 8.91. The van der Waals surface area contributed by atoms with Crippen LogP contribution in [0.1, 0.15) is 27.2 Å². The Morgan fingerprint density at radius 2 is 1.82 bits per heavy atom. The summed E-state index contributed by atoms with van der Waals surface area (Å²) >= 11 is 0. The molecule has 0 bridgehead atoms. The molecule has 0 aliphatic heterocycles. The SMILES string of the molecule is CC(C)(C)CCS(=O)CCN. The molecule has 68 valence electrons. The predicted molar refractivity (Wildman–Crippen MR) is 51.0 cm³/mol. The van der Waals surface area contributed by atoms with Crippen molar-refractivity contribution in [1.82, 2.24) is 0 Å². The summed E-state index contributed by atoms with van der Waals surface area (Å²) in [5.74, 6) is 1.44. The van der Waals surface area contributed by atoms with Gasteiger partial charge in [-0.05, 0) is 11.8 Å². The van der Waals surface area contributed by atoms with Gasteiger partial charge >= 0.3 is 0 Å². The van der Waals surface area contributed by atoms with Crippen molar-refractivity contribution in [1.29, 1.82) is 0 Å². The fraction of sp³-hybridized carbons (Fsp3) is 1.00. The molecule has 3 heteroatoms. The average Bonchev–Trinajstić information content (AvgIpc) is 1.83. The molecular weight excluding hydrogens is 158 g/mol. The van der Waals surface area contributed by atoms with Gasteiger partial charge in [-0.2, -0.15) is 0 Å². The summed E-state index contributed by atoms with van der Waals surface area (Å²) in [4.78, 5) is 0. The standard InChI is InChI=1S/C8H19NOS/c1-8(2,3)4-6-11(10)7-5-9/h4-7,9H2,1-3H3. The van der Waals surface area contributed by atoms with E-state index in [0.29, 0.717) is 17.7 Å². The molecule has 0 saturated carbocycles. The van der Waals surface area contributed by atoms with E-state index in [1.54, 1.807) is 0 Å². The van der Waals surface area contributed by atoms with Crippen molar-refractivity contribution < 1.29 is 4.21 Å². The Hall–Kier alpha value is 0.110. The van der Waals surface area contributed by atoms with Gasteiger partial charge in [0.15, 0.2) is 0 Å². The third-order valence-corrected chi connectivity index (χ3v) is 2.78. The molecule has 0 amide bonds. The second-order valence-corrected chi connectivity index (χ2v) is 5.64. The Morgan fingerprint density at radius 1 is 1.27 bits per heavy atom. The van der Waals surface area contributed by atoms with Crippen molar-refractivity contribution >= 4 is 10.8 Å². The van der Waals surface area contributed by atoms with Crippen LogP contribution in [0.15, 0.2) is 0 Å². The van der Waals surface area contributed by atoms with Gasteiger partial charge in [0.05, 0.1) is 0 Å². The summed E-state index contributed by atoms with van der Waals surface area (Å²) in [6.45, 7) is 7.02. The van der Waals surface area contributed by atoms with Gasteiger partial charge in [0.1, 0.15) is 0 Å². The van der Waals surface area contributed by atoms with Crippen LogP contribution < -0.4 is 5.73 Å². The molecule has 0 fully saturated rings. The lowest BCUT2D eigenvalue weighted by Crippen LogP contribution is -2.16. The zero-order valence-corrected chi connectivity index (χ0v) is 8.54. The number of rotatable bonds is 4. The molecule has 0 aliphatic rings. The highest BCUT2D eigenvalue weighted by Crippen LogP contribution is 2.18. The van der Waals surface area contributed by atoms with Crippen LogP contribution in [0.4, 0.5) is 0 Å². The van der Waals surface area contributed by atoms with E-state index < -0.39 is 10.8 Å². The van der Waals surface area contributed by atoms with Crippen molar-refractivity contribution in [3.8, 4) is 0 Å². The van der Waals surface area contributed by atoms with Crippen molar-refractivity contribution in [3.05, 3.63) is 0 Å². The van der Waals surface area contributed by atoms with Gasteiger partial charge in [0.2, 0.25) is 0 Å². The van der Waals surface area contributed by atoms with E-state index in [-0.39, 0.29) is 0 Å². The van der Waals surface area contributed by atoms with Gasteiger partial charge in [-0.3, -0.25) is 4.21 Å². The maximum Gasteiger partial charge on any atom is 0.0357 e. The maximum atomic E-state index is 11.1. The summed E-state index contributed by atoms with van der Waals surface area (Å²) in [7, 11) is -0.692. The largest absolute Gasteiger partial charge is 0.330 e. The van der Waals surface area contributed by atoms with Crippen LogP contribution in [0.3, 0.4) is 0 Å². The van der Waals surface area contributed by atoms with Crippen molar-refractivity contribution in [2.75, 3.05) is 18.1 Å². The molecule has 2 N–H and O–H groups in total. The zero-order valence-electron chi connectivity index (χ0n) is 7.72. The fourth-order valence-electron chi connectivity index (χ4n) is 0.654. The molecule has 0 spiro atoms. The van der Waals surface area contributed by atoms with E-state index in [1.807, 2.05) is 0 Å². The van der Waals surface area contributed by atoms with E-state index >= 15 is 0 Å². The van der Waals surface area contributed by atoms with Gasteiger partial charge in [0, 0.05) is 28.9 Å². The van der Waals surface area contributed by atoms with Gasteiger partial charge in [-0.1, -0.05) is 20.8 Å². The normalized spacial score (nSPS) is 14.9. The first-order chi connectivity index (χ1) is 4.95. The van der Waals surface area contributed by atoms with Crippen LogP contribution in [-0.4, -0.2) is 22.3 Å². The van der Waals surface area contributed by atoms with Gasteiger partial charge in [-0.25, -0.2) is 0 Å². The smallest absolute Gasteiger partial charge is 0.0357 e. The summed E-state index contributed by atoms with van der Waals surface area (Å²) in [5.41, 5.74) is 5.57. The Morgan fingerprint density at radius 3 is 2.18 bits per heavy atom. The van der Waals surface area contributed by atoms with Gasteiger partial charge in [0.25, 0.3) is 0 Å². The molecule has 0 rings (SSSR count). The second kappa shape index (κ2) is 4.88. The van der Waals surface area contributed by atoms with Crippen LogP contribution >= 0.6 is 0 Å². The lowest BCUT2D eigenvalue weighted by atomic mass is 9.94. The van der Waals surface area contributed by atoms with Crippen molar-refractivity contribution in [2.45, 2.75) is 27.2 Å². The first-order valence-corrected chi connectivity index (χ1v) is 5.49. The highest BCUT2D eigenvalue weighted by atomic mass is 32.2. The van der Waals surface area contributed by atoms with Crippen LogP contribution in [0.25, 0.3) is 0 Å². The van der Waals surface area contributed by atoms with E-state index in [2.05, 4.69) is 20.8 Å². The number of hydrogen-bond donors (Lipinski definition) is 1. The molecule has 1 unspecified atom stereocenters. The summed E-state index contributed by atoms with van der Waals surface area (Å²) in [6, 6.07) is 0. The molecule has 0 aromatic carbocycles. The minimum absolute atomic E-state index is 0.296. The Labute approximate surface area is 72.0 Å². The monoisotopic (exact) mass is 177 g/mol. The van der Waals surface area contributed by atoms with Crippen LogP contribution in [-0.2, 0) is 10.8 Å². The third-order valence-electron chi connectivity index (χ3n) is 1.43. The van der Waals surface area contributed by atoms with Gasteiger partial charge < -0.3 is 5.73 Å². The highest BCUT2D eigenvalue weighted by Gasteiger charge is 2.11. The molecule has 0 saturated heterocycles. The lowest BCUT2D eigenvalue weighted by Gasteiger charge is -2.16. The summed E-state index contributed by atoms with van der Waals surface area (Å²) < 4.78 is 11.1. The molecule has 0 aromatic heterocycles. The maximum absolute atomic E-state index is 11.1. The molecule has 2 nitrogen and oxygen atoms in total. The quantitative estimate of drug-likeness (QED) is 0.699. The minimum atomic E-state index is -0.692. The molecular formula is C8H19NOS. The fourth-order valence-corrected chi connectivity index (χ4v) is 1.96. The molecule has 0 aliphatic carbocycles. The average molecular weight is 177 g/mol. The van der Waals surface area contributed by atoms with Crippen LogP contribution in [0, 0.1) is 5.41 Å². The van der Waals surface area contributed by atoms with E-state index in [0.717, 1.165) is 12.2 Å². The molecule has 1 atom stereocenters. The Balaban J connectivity index is 3.46. The topological polar surface area (TPSA) is 43.1 Å². The minimum Gasteiger partial charge on any atom is -0.330 e. The summed E-state index contributed by atoms with van der Waals surface area (Å²) in [5, 5.41) is 0. The molecule has 11 heavy (non-hydrogen) atoms.